The first kappa shape index (κ1) is 18.5. The number of halogens is 2. The minimum absolute atomic E-state index is 0.0659. The molecule has 1 heterocycles. The van der Waals surface area contributed by atoms with E-state index in [0.717, 1.165) is 24.2 Å². The van der Waals surface area contributed by atoms with E-state index in [-0.39, 0.29) is 11.3 Å². The van der Waals surface area contributed by atoms with Crippen LogP contribution in [-0.2, 0) is 5.41 Å². The van der Waals surface area contributed by atoms with E-state index in [1.165, 1.54) is 5.56 Å². The molecule has 0 bridgehead atoms. The summed E-state index contributed by atoms with van der Waals surface area (Å²) in [7, 11) is 0. The van der Waals surface area contributed by atoms with Crippen LogP contribution in [0.25, 0.3) is 10.2 Å². The number of hydrogen-bond acceptors (Lipinski definition) is 3. The van der Waals surface area contributed by atoms with Gasteiger partial charge in [-0.15, -0.1) is 11.3 Å². The largest absolute Gasteiger partial charge is 0.321 e. The topological polar surface area (TPSA) is 42.0 Å². The lowest BCUT2D eigenvalue weighted by Gasteiger charge is -2.19. The molecule has 0 fully saturated rings. The van der Waals surface area contributed by atoms with E-state index < -0.39 is 0 Å². The van der Waals surface area contributed by atoms with Gasteiger partial charge in [0.25, 0.3) is 5.91 Å². The van der Waals surface area contributed by atoms with Gasteiger partial charge < -0.3 is 5.32 Å². The van der Waals surface area contributed by atoms with Crippen molar-refractivity contribution < 1.29 is 4.79 Å². The van der Waals surface area contributed by atoms with Gasteiger partial charge in [-0.05, 0) is 68.0 Å². The zero-order valence-corrected chi connectivity index (χ0v) is 18.4. The fourth-order valence-corrected chi connectivity index (χ4v) is 4.65. The van der Waals surface area contributed by atoms with Crippen molar-refractivity contribution in [2.45, 2.75) is 33.1 Å². The first-order valence-electron chi connectivity index (χ1n) is 7.84. The quantitative estimate of drug-likeness (QED) is 0.443. The van der Waals surface area contributed by atoms with Gasteiger partial charge in [-0.1, -0.05) is 32.9 Å². The molecule has 130 valence electrons. The lowest BCUT2D eigenvalue weighted by Crippen LogP contribution is -2.14. The van der Waals surface area contributed by atoms with Crippen LogP contribution >= 0.6 is 43.2 Å². The molecule has 0 atom stereocenters. The summed E-state index contributed by atoms with van der Waals surface area (Å²) in [4.78, 5) is 17.2. The van der Waals surface area contributed by atoms with Gasteiger partial charge in [0.2, 0.25) is 0 Å². The van der Waals surface area contributed by atoms with Crippen LogP contribution in [0.2, 0.25) is 0 Å². The van der Waals surface area contributed by atoms with Crippen molar-refractivity contribution in [3.8, 4) is 0 Å². The number of carbonyl (C=O) groups excluding carboxylic acids is 1. The summed E-state index contributed by atoms with van der Waals surface area (Å²) >= 11 is 8.77. The van der Waals surface area contributed by atoms with E-state index >= 15 is 0 Å². The Morgan fingerprint density at radius 1 is 1.16 bits per heavy atom. The van der Waals surface area contributed by atoms with Gasteiger partial charge in [0.15, 0.2) is 0 Å². The average Bonchev–Trinajstić information content (AvgIpc) is 2.94. The third kappa shape index (κ3) is 3.81. The number of amides is 1. The molecule has 6 heteroatoms. The molecule has 3 rings (SSSR count). The average molecular weight is 482 g/mol. The molecule has 0 spiro atoms. The van der Waals surface area contributed by atoms with Gasteiger partial charge in [0, 0.05) is 10.0 Å². The molecule has 0 unspecified atom stereocenters. The van der Waals surface area contributed by atoms with E-state index in [0.29, 0.717) is 11.3 Å². The highest BCUT2D eigenvalue weighted by Crippen LogP contribution is 2.39. The number of nitrogens with zero attached hydrogens (tertiary/aromatic N) is 1. The summed E-state index contributed by atoms with van der Waals surface area (Å²) in [6.45, 7) is 8.43. The van der Waals surface area contributed by atoms with Crippen LogP contribution in [0.4, 0.5) is 5.69 Å². The predicted molar refractivity (Wildman–Crippen MR) is 113 cm³/mol. The Bertz CT molecular complexity index is 956. The van der Waals surface area contributed by atoms with Crippen LogP contribution in [0.15, 0.2) is 39.3 Å². The SMILES string of the molecule is Cc1nc2c(Br)c(NC(=O)c3ccc(C(C)(C)C)cc3)cc(Br)c2s1. The maximum Gasteiger partial charge on any atom is 0.255 e. The highest BCUT2D eigenvalue weighted by molar-refractivity contribution is 9.11. The number of carbonyl (C=O) groups is 1. The number of rotatable bonds is 2. The first-order chi connectivity index (χ1) is 11.7. The van der Waals surface area contributed by atoms with Gasteiger partial charge in [0.1, 0.15) is 0 Å². The second kappa shape index (κ2) is 6.82. The molecule has 0 saturated heterocycles. The third-order valence-electron chi connectivity index (χ3n) is 3.93. The van der Waals surface area contributed by atoms with Crippen molar-refractivity contribution in [1.82, 2.24) is 4.98 Å². The molecular formula is C19H18Br2N2OS. The maximum atomic E-state index is 12.6. The molecule has 1 aromatic heterocycles. The molecule has 2 aromatic carbocycles. The summed E-state index contributed by atoms with van der Waals surface area (Å²) in [6, 6.07) is 9.65. The summed E-state index contributed by atoms with van der Waals surface area (Å²) in [6.07, 6.45) is 0. The van der Waals surface area contributed by atoms with E-state index in [1.54, 1.807) is 11.3 Å². The lowest BCUT2D eigenvalue weighted by atomic mass is 9.87. The molecule has 1 N–H and O–H groups in total. The summed E-state index contributed by atoms with van der Waals surface area (Å²) < 4.78 is 2.79. The van der Waals surface area contributed by atoms with E-state index in [9.17, 15) is 4.79 Å². The Labute approximate surface area is 168 Å². The minimum Gasteiger partial charge on any atom is -0.321 e. The van der Waals surface area contributed by atoms with Crippen LogP contribution in [0, 0.1) is 6.92 Å². The van der Waals surface area contributed by atoms with Gasteiger partial charge in [-0.2, -0.15) is 0 Å². The third-order valence-corrected chi connectivity index (χ3v) is 6.62. The number of hydrogen-bond donors (Lipinski definition) is 1. The normalized spacial score (nSPS) is 11.8. The number of aryl methyl sites for hydroxylation is 1. The Morgan fingerprint density at radius 2 is 1.80 bits per heavy atom. The van der Waals surface area contributed by atoms with Gasteiger partial charge in [-0.3, -0.25) is 4.79 Å². The van der Waals surface area contributed by atoms with Crippen molar-refractivity contribution in [1.29, 1.82) is 0 Å². The zero-order chi connectivity index (χ0) is 18.4. The van der Waals surface area contributed by atoms with Crippen molar-refractivity contribution in [2.75, 3.05) is 5.32 Å². The summed E-state index contributed by atoms with van der Waals surface area (Å²) in [5, 5.41) is 3.96. The molecule has 0 aliphatic rings. The Hall–Kier alpha value is -1.24. The molecule has 0 aliphatic carbocycles. The molecule has 3 aromatic rings. The smallest absolute Gasteiger partial charge is 0.255 e. The Morgan fingerprint density at radius 3 is 2.40 bits per heavy atom. The lowest BCUT2D eigenvalue weighted by molar-refractivity contribution is 0.102. The summed E-state index contributed by atoms with van der Waals surface area (Å²) in [5.74, 6) is -0.139. The number of thiazole rings is 1. The highest BCUT2D eigenvalue weighted by atomic mass is 79.9. The fourth-order valence-electron chi connectivity index (χ4n) is 2.53. The van der Waals surface area contributed by atoms with Crippen LogP contribution in [0.5, 0.6) is 0 Å². The second-order valence-electron chi connectivity index (χ2n) is 6.91. The molecule has 0 saturated carbocycles. The van der Waals surface area contributed by atoms with Crippen LogP contribution < -0.4 is 5.32 Å². The molecule has 3 nitrogen and oxygen atoms in total. The number of anilines is 1. The molecule has 25 heavy (non-hydrogen) atoms. The van der Waals surface area contributed by atoms with E-state index in [4.69, 9.17) is 0 Å². The van der Waals surface area contributed by atoms with Crippen molar-refractivity contribution in [3.05, 3.63) is 55.4 Å². The number of fused-ring (bicyclic) bond motifs is 1. The van der Waals surface area contributed by atoms with Crippen LogP contribution in [0.1, 0.15) is 41.7 Å². The van der Waals surface area contributed by atoms with Gasteiger partial charge in [0.05, 0.1) is 25.4 Å². The molecular weight excluding hydrogens is 464 g/mol. The molecule has 0 aliphatic heterocycles. The fraction of sp³-hybridized carbons (Fsp3) is 0.263. The molecule has 0 radical (unpaired) electrons. The second-order valence-corrected chi connectivity index (χ2v) is 9.76. The first-order valence-corrected chi connectivity index (χ1v) is 10.2. The Balaban J connectivity index is 1.90. The van der Waals surface area contributed by atoms with Crippen LogP contribution in [0.3, 0.4) is 0 Å². The van der Waals surface area contributed by atoms with Crippen molar-refractivity contribution >= 4 is 65.0 Å². The molecule has 1 amide bonds. The van der Waals surface area contributed by atoms with Crippen molar-refractivity contribution in [2.24, 2.45) is 0 Å². The van der Waals surface area contributed by atoms with E-state index in [1.807, 2.05) is 37.3 Å². The zero-order valence-electron chi connectivity index (χ0n) is 14.4. The van der Waals surface area contributed by atoms with Gasteiger partial charge in [-0.25, -0.2) is 4.98 Å². The van der Waals surface area contributed by atoms with Crippen LogP contribution in [-0.4, -0.2) is 10.9 Å². The maximum absolute atomic E-state index is 12.6. The Kier molecular flexibility index (Phi) is 5.06. The number of benzene rings is 2. The predicted octanol–water partition coefficient (Wildman–Crippen LogP) is 6.68. The minimum atomic E-state index is -0.139. The highest BCUT2D eigenvalue weighted by Gasteiger charge is 2.17. The van der Waals surface area contributed by atoms with Gasteiger partial charge >= 0.3 is 0 Å². The van der Waals surface area contributed by atoms with E-state index in [2.05, 4.69) is 62.9 Å². The monoisotopic (exact) mass is 480 g/mol. The standard InChI is InChI=1S/C19H18Br2N2OS/c1-10-22-16-15(21)14(9-13(20)17(16)25-10)23-18(24)11-5-7-12(8-6-11)19(2,3)4/h5-9H,1-4H3,(H,23,24). The number of aromatic nitrogens is 1. The summed E-state index contributed by atoms with van der Waals surface area (Å²) in [5.41, 5.74) is 3.46. The number of nitrogens with one attached hydrogen (secondary N) is 1. The van der Waals surface area contributed by atoms with Crippen molar-refractivity contribution in [3.63, 3.8) is 0 Å².